The fourth-order valence-electron chi connectivity index (χ4n) is 3.96. The summed E-state index contributed by atoms with van der Waals surface area (Å²) in [6.45, 7) is 7.34. The molecule has 0 atom stereocenters. The summed E-state index contributed by atoms with van der Waals surface area (Å²) in [7, 11) is 3.22. The molecule has 0 aliphatic carbocycles. The lowest BCUT2D eigenvalue weighted by molar-refractivity contribution is -0.132. The number of nitrogens with one attached hydrogen (secondary N) is 1. The van der Waals surface area contributed by atoms with E-state index in [-0.39, 0.29) is 24.5 Å². The van der Waals surface area contributed by atoms with E-state index in [0.29, 0.717) is 37.6 Å². The van der Waals surface area contributed by atoms with Gasteiger partial charge in [0.25, 0.3) is 0 Å². The van der Waals surface area contributed by atoms with Crippen LogP contribution < -0.4 is 14.8 Å². The third kappa shape index (κ3) is 8.25. The molecule has 0 fully saturated rings. The number of thiophene rings is 1. The Bertz CT molecular complexity index is 1160. The van der Waals surface area contributed by atoms with E-state index in [4.69, 9.17) is 9.47 Å². The third-order valence-corrected chi connectivity index (χ3v) is 7.08. The summed E-state index contributed by atoms with van der Waals surface area (Å²) < 4.78 is 10.8. The number of carbonyl (C=O) groups excluding carboxylic acids is 2. The summed E-state index contributed by atoms with van der Waals surface area (Å²) >= 11 is 1.68. The number of carbonyl (C=O) groups is 2. The third-order valence-electron chi connectivity index (χ3n) is 6.09. The largest absolute Gasteiger partial charge is 0.493 e. The zero-order valence-corrected chi connectivity index (χ0v) is 23.1. The van der Waals surface area contributed by atoms with Gasteiger partial charge >= 0.3 is 6.03 Å². The smallest absolute Gasteiger partial charge is 0.318 e. The van der Waals surface area contributed by atoms with Gasteiger partial charge in [-0.3, -0.25) is 4.79 Å². The van der Waals surface area contributed by atoms with Crippen LogP contribution in [0.15, 0.2) is 60.7 Å². The summed E-state index contributed by atoms with van der Waals surface area (Å²) in [6.07, 6.45) is 0.651. The highest BCUT2D eigenvalue weighted by Crippen LogP contribution is 2.28. The van der Waals surface area contributed by atoms with Crippen molar-refractivity contribution in [1.29, 1.82) is 0 Å². The maximum atomic E-state index is 13.6. The minimum atomic E-state index is -0.251. The lowest BCUT2D eigenvalue weighted by Gasteiger charge is -2.30. The van der Waals surface area contributed by atoms with E-state index in [9.17, 15) is 9.59 Å². The average Bonchev–Trinajstić information content (AvgIpc) is 3.32. The van der Waals surface area contributed by atoms with Crippen LogP contribution in [0.25, 0.3) is 0 Å². The lowest BCUT2D eigenvalue weighted by Crippen LogP contribution is -2.49. The molecule has 2 aromatic carbocycles. The molecule has 0 radical (unpaired) electrons. The number of benzene rings is 2. The van der Waals surface area contributed by atoms with Gasteiger partial charge in [0, 0.05) is 28.9 Å². The number of hydrogen-bond acceptors (Lipinski definition) is 5. The van der Waals surface area contributed by atoms with Gasteiger partial charge in [-0.2, -0.15) is 0 Å². The fraction of sp³-hybridized carbons (Fsp3) is 0.379. The molecule has 0 aliphatic rings. The Morgan fingerprint density at radius 1 is 0.946 bits per heavy atom. The molecule has 0 saturated carbocycles. The van der Waals surface area contributed by atoms with Crippen molar-refractivity contribution in [3.05, 3.63) is 81.5 Å². The molecule has 0 saturated heterocycles. The number of hydrogen-bond donors (Lipinski definition) is 1. The van der Waals surface area contributed by atoms with E-state index in [2.05, 4.69) is 24.4 Å². The Morgan fingerprint density at radius 3 is 2.30 bits per heavy atom. The fourth-order valence-corrected chi connectivity index (χ4v) is 4.87. The van der Waals surface area contributed by atoms with E-state index < -0.39 is 0 Å². The van der Waals surface area contributed by atoms with Gasteiger partial charge in [0.1, 0.15) is 6.54 Å². The first kappa shape index (κ1) is 28.1. The first-order valence-corrected chi connectivity index (χ1v) is 13.2. The molecule has 1 aromatic heterocycles. The van der Waals surface area contributed by atoms with Crippen molar-refractivity contribution in [3.63, 3.8) is 0 Å². The number of rotatable bonds is 12. The minimum absolute atomic E-state index is 0.00851. The molecule has 0 bridgehead atoms. The summed E-state index contributed by atoms with van der Waals surface area (Å²) in [5.74, 6) is 1.24. The highest BCUT2D eigenvalue weighted by atomic mass is 32.1. The molecular formula is C29H37N3O4S. The Kier molecular flexibility index (Phi) is 10.4. The maximum absolute atomic E-state index is 13.6. The first-order valence-electron chi connectivity index (χ1n) is 12.4. The molecule has 198 valence electrons. The SMILES string of the molecule is COc1ccc(CCN(Cc2ccc(C)s2)C(=O)CN(C(=O)NCc2ccccc2)C(C)C)cc1OC. The van der Waals surface area contributed by atoms with E-state index in [1.54, 1.807) is 30.5 Å². The Balaban J connectivity index is 1.71. The van der Waals surface area contributed by atoms with E-state index in [1.807, 2.05) is 67.3 Å². The van der Waals surface area contributed by atoms with Gasteiger partial charge in [-0.25, -0.2) is 4.79 Å². The van der Waals surface area contributed by atoms with Gasteiger partial charge in [-0.15, -0.1) is 11.3 Å². The number of amides is 3. The van der Waals surface area contributed by atoms with Crippen LogP contribution in [0.4, 0.5) is 4.79 Å². The van der Waals surface area contributed by atoms with Crippen LogP contribution in [0.1, 0.15) is 34.7 Å². The molecule has 3 amide bonds. The monoisotopic (exact) mass is 523 g/mol. The summed E-state index contributed by atoms with van der Waals surface area (Å²) in [4.78, 5) is 32.3. The van der Waals surface area contributed by atoms with Gasteiger partial charge in [0.2, 0.25) is 5.91 Å². The Labute approximate surface area is 224 Å². The predicted molar refractivity (Wildman–Crippen MR) is 148 cm³/mol. The van der Waals surface area contributed by atoms with Gasteiger partial charge < -0.3 is 24.6 Å². The molecule has 1 N–H and O–H groups in total. The molecule has 3 aromatic rings. The standard InChI is InChI=1S/C29H37N3O4S/c1-21(2)32(29(34)30-18-24-9-7-6-8-10-24)20-28(33)31(19-25-13-11-22(3)37-25)16-15-23-12-14-26(35-4)27(17-23)36-5/h6-14,17,21H,15-16,18-20H2,1-5H3,(H,30,34). The predicted octanol–water partition coefficient (Wildman–Crippen LogP) is 5.27. The zero-order chi connectivity index (χ0) is 26.8. The van der Waals surface area contributed by atoms with Crippen molar-refractivity contribution in [2.75, 3.05) is 27.3 Å². The second-order valence-electron chi connectivity index (χ2n) is 9.13. The van der Waals surface area contributed by atoms with Crippen molar-refractivity contribution in [2.24, 2.45) is 0 Å². The van der Waals surface area contributed by atoms with Crippen molar-refractivity contribution in [1.82, 2.24) is 15.1 Å². The highest BCUT2D eigenvalue weighted by molar-refractivity contribution is 7.11. The van der Waals surface area contributed by atoms with Crippen molar-refractivity contribution in [2.45, 2.75) is 46.3 Å². The van der Waals surface area contributed by atoms with E-state index in [0.717, 1.165) is 16.0 Å². The molecule has 37 heavy (non-hydrogen) atoms. The Morgan fingerprint density at radius 2 is 1.68 bits per heavy atom. The first-order chi connectivity index (χ1) is 17.8. The quantitative estimate of drug-likeness (QED) is 0.351. The zero-order valence-electron chi connectivity index (χ0n) is 22.3. The molecule has 0 aliphatic heterocycles. The second-order valence-corrected chi connectivity index (χ2v) is 10.5. The lowest BCUT2D eigenvalue weighted by atomic mass is 10.1. The van der Waals surface area contributed by atoms with Crippen LogP contribution in [0, 0.1) is 6.92 Å². The van der Waals surface area contributed by atoms with Gasteiger partial charge in [0.15, 0.2) is 11.5 Å². The van der Waals surface area contributed by atoms with Crippen molar-refractivity contribution < 1.29 is 19.1 Å². The Hall–Kier alpha value is -3.52. The number of ether oxygens (including phenoxy) is 2. The minimum Gasteiger partial charge on any atom is -0.493 e. The summed E-state index contributed by atoms with van der Waals surface area (Å²) in [6, 6.07) is 19.3. The normalized spacial score (nSPS) is 10.8. The average molecular weight is 524 g/mol. The number of urea groups is 1. The maximum Gasteiger partial charge on any atom is 0.318 e. The highest BCUT2D eigenvalue weighted by Gasteiger charge is 2.24. The topological polar surface area (TPSA) is 71.1 Å². The molecular weight excluding hydrogens is 486 g/mol. The second kappa shape index (κ2) is 13.7. The van der Waals surface area contributed by atoms with Gasteiger partial charge in [-0.1, -0.05) is 36.4 Å². The van der Waals surface area contributed by atoms with Crippen LogP contribution >= 0.6 is 11.3 Å². The van der Waals surface area contributed by atoms with Crippen LogP contribution in [-0.4, -0.2) is 55.1 Å². The van der Waals surface area contributed by atoms with Crippen molar-refractivity contribution in [3.8, 4) is 11.5 Å². The molecule has 8 heteroatoms. The summed E-state index contributed by atoms with van der Waals surface area (Å²) in [5.41, 5.74) is 2.05. The van der Waals surface area contributed by atoms with Crippen LogP contribution in [0.3, 0.4) is 0 Å². The molecule has 0 unspecified atom stereocenters. The molecule has 1 heterocycles. The number of aryl methyl sites for hydroxylation is 1. The van der Waals surface area contributed by atoms with Crippen LogP contribution in [0.5, 0.6) is 11.5 Å². The van der Waals surface area contributed by atoms with Crippen molar-refractivity contribution >= 4 is 23.3 Å². The summed E-state index contributed by atoms with van der Waals surface area (Å²) in [5, 5.41) is 2.95. The molecule has 0 spiro atoms. The van der Waals surface area contributed by atoms with E-state index in [1.165, 1.54) is 4.88 Å². The molecule has 3 rings (SSSR count). The number of nitrogens with zero attached hydrogens (tertiary/aromatic N) is 2. The van der Waals surface area contributed by atoms with Crippen LogP contribution in [0.2, 0.25) is 0 Å². The van der Waals surface area contributed by atoms with Gasteiger partial charge in [0.05, 0.1) is 20.8 Å². The van der Waals surface area contributed by atoms with E-state index >= 15 is 0 Å². The number of methoxy groups -OCH3 is 2. The van der Waals surface area contributed by atoms with Gasteiger partial charge in [-0.05, 0) is 62.6 Å². The van der Waals surface area contributed by atoms with Crippen LogP contribution in [-0.2, 0) is 24.3 Å². The molecule has 7 nitrogen and oxygen atoms in total.